The summed E-state index contributed by atoms with van der Waals surface area (Å²) in [5.74, 6) is -0.0210. The Morgan fingerprint density at radius 3 is 2.56 bits per heavy atom. The third-order valence-electron chi connectivity index (χ3n) is 2.30. The van der Waals surface area contributed by atoms with Crippen LogP contribution in [0.4, 0.5) is 11.4 Å². The molecule has 100 valence electrons. The standard InChI is InChI=1S/C13H20BrN3O/c1-13(2,3)16-12(18)8-17(4)11-6-5-9(14)7-10(11)15/h5-7H,8,15H2,1-4H3,(H,16,18). The van der Waals surface area contributed by atoms with E-state index in [1.165, 1.54) is 0 Å². The maximum absolute atomic E-state index is 11.8. The Bertz CT molecular complexity index is 440. The van der Waals surface area contributed by atoms with E-state index in [9.17, 15) is 4.79 Å². The number of rotatable bonds is 3. The number of benzene rings is 1. The molecule has 0 aromatic heterocycles. The molecular formula is C13H20BrN3O. The molecule has 1 amide bonds. The van der Waals surface area contributed by atoms with Crippen LogP contribution in [0.25, 0.3) is 0 Å². The van der Waals surface area contributed by atoms with Crippen molar-refractivity contribution in [2.45, 2.75) is 26.3 Å². The molecule has 0 bridgehead atoms. The predicted octanol–water partition coefficient (Wildman–Crippen LogP) is 2.38. The summed E-state index contributed by atoms with van der Waals surface area (Å²) in [4.78, 5) is 13.7. The Balaban J connectivity index is 2.71. The van der Waals surface area contributed by atoms with E-state index in [1.807, 2.05) is 50.9 Å². The van der Waals surface area contributed by atoms with Crippen LogP contribution in [0.1, 0.15) is 20.8 Å². The number of anilines is 2. The van der Waals surface area contributed by atoms with Gasteiger partial charge < -0.3 is 16.0 Å². The highest BCUT2D eigenvalue weighted by Gasteiger charge is 2.16. The second-order valence-electron chi connectivity index (χ2n) is 5.36. The first-order valence-corrected chi connectivity index (χ1v) is 6.55. The molecule has 0 saturated heterocycles. The fourth-order valence-corrected chi connectivity index (χ4v) is 2.01. The average Bonchev–Trinajstić information content (AvgIpc) is 2.13. The number of nitrogens with zero attached hydrogens (tertiary/aromatic N) is 1. The number of amides is 1. The van der Waals surface area contributed by atoms with E-state index in [4.69, 9.17) is 5.73 Å². The minimum absolute atomic E-state index is 0.0210. The summed E-state index contributed by atoms with van der Waals surface area (Å²) < 4.78 is 0.927. The fraction of sp³-hybridized carbons (Fsp3) is 0.462. The summed E-state index contributed by atoms with van der Waals surface area (Å²) in [7, 11) is 1.85. The highest BCUT2D eigenvalue weighted by molar-refractivity contribution is 9.10. The van der Waals surface area contributed by atoms with Crippen LogP contribution in [0, 0.1) is 0 Å². The molecule has 0 spiro atoms. The molecule has 4 nitrogen and oxygen atoms in total. The van der Waals surface area contributed by atoms with Crippen LogP contribution in [0.5, 0.6) is 0 Å². The summed E-state index contributed by atoms with van der Waals surface area (Å²) in [5.41, 5.74) is 7.20. The topological polar surface area (TPSA) is 58.4 Å². The molecule has 18 heavy (non-hydrogen) atoms. The molecule has 0 aliphatic heterocycles. The molecule has 0 heterocycles. The Labute approximate surface area is 117 Å². The number of carbonyl (C=O) groups is 1. The summed E-state index contributed by atoms with van der Waals surface area (Å²) in [6, 6.07) is 5.63. The van der Waals surface area contributed by atoms with Gasteiger partial charge in [0.15, 0.2) is 0 Å². The minimum Gasteiger partial charge on any atom is -0.397 e. The lowest BCUT2D eigenvalue weighted by Crippen LogP contribution is -2.45. The second kappa shape index (κ2) is 5.61. The first-order chi connectivity index (χ1) is 8.19. The van der Waals surface area contributed by atoms with Gasteiger partial charge in [-0.2, -0.15) is 0 Å². The highest BCUT2D eigenvalue weighted by Crippen LogP contribution is 2.25. The van der Waals surface area contributed by atoms with Crippen LogP contribution in [-0.4, -0.2) is 25.0 Å². The molecule has 1 aromatic carbocycles. The van der Waals surface area contributed by atoms with Crippen molar-refractivity contribution >= 4 is 33.2 Å². The zero-order valence-electron chi connectivity index (χ0n) is 11.2. The maximum atomic E-state index is 11.8. The molecule has 1 rings (SSSR count). The number of carbonyl (C=O) groups excluding carboxylic acids is 1. The number of hydrogen-bond acceptors (Lipinski definition) is 3. The number of nitrogens with one attached hydrogen (secondary N) is 1. The van der Waals surface area contributed by atoms with Crippen molar-refractivity contribution in [3.8, 4) is 0 Å². The van der Waals surface area contributed by atoms with Crippen LogP contribution in [0.15, 0.2) is 22.7 Å². The van der Waals surface area contributed by atoms with Crippen LogP contribution < -0.4 is 16.0 Å². The van der Waals surface area contributed by atoms with Crippen LogP contribution >= 0.6 is 15.9 Å². The third kappa shape index (κ3) is 4.56. The lowest BCUT2D eigenvalue weighted by molar-refractivity contribution is -0.121. The number of nitrogens with two attached hydrogens (primary N) is 1. The zero-order valence-corrected chi connectivity index (χ0v) is 12.8. The van der Waals surface area contributed by atoms with Crippen molar-refractivity contribution in [3.05, 3.63) is 22.7 Å². The van der Waals surface area contributed by atoms with Gasteiger partial charge in [0.25, 0.3) is 0 Å². The van der Waals surface area contributed by atoms with E-state index in [1.54, 1.807) is 0 Å². The van der Waals surface area contributed by atoms with Gasteiger partial charge in [-0.15, -0.1) is 0 Å². The molecule has 0 aliphatic carbocycles. The molecule has 0 atom stereocenters. The van der Waals surface area contributed by atoms with Crippen molar-refractivity contribution in [2.75, 3.05) is 24.2 Å². The monoisotopic (exact) mass is 313 g/mol. The number of halogens is 1. The van der Waals surface area contributed by atoms with Gasteiger partial charge in [0.05, 0.1) is 17.9 Å². The largest absolute Gasteiger partial charge is 0.397 e. The third-order valence-corrected chi connectivity index (χ3v) is 2.79. The summed E-state index contributed by atoms with van der Waals surface area (Å²) in [6.45, 7) is 6.15. The molecule has 0 saturated carbocycles. The first-order valence-electron chi connectivity index (χ1n) is 5.76. The van der Waals surface area contributed by atoms with Crippen molar-refractivity contribution in [3.63, 3.8) is 0 Å². The van der Waals surface area contributed by atoms with Crippen molar-refractivity contribution in [1.82, 2.24) is 5.32 Å². The number of nitrogen functional groups attached to an aromatic ring is 1. The molecule has 1 aromatic rings. The van der Waals surface area contributed by atoms with Gasteiger partial charge in [0.2, 0.25) is 5.91 Å². The summed E-state index contributed by atoms with van der Waals surface area (Å²) in [5, 5.41) is 2.92. The van der Waals surface area contributed by atoms with Gasteiger partial charge in [0.1, 0.15) is 0 Å². The Kier molecular flexibility index (Phi) is 4.62. The van der Waals surface area contributed by atoms with Gasteiger partial charge in [-0.1, -0.05) is 15.9 Å². The quantitative estimate of drug-likeness (QED) is 0.842. The van der Waals surface area contributed by atoms with Gasteiger partial charge in [-0.05, 0) is 39.0 Å². The predicted molar refractivity (Wildman–Crippen MR) is 79.7 cm³/mol. The van der Waals surface area contributed by atoms with Gasteiger partial charge >= 0.3 is 0 Å². The van der Waals surface area contributed by atoms with Crippen molar-refractivity contribution in [1.29, 1.82) is 0 Å². The summed E-state index contributed by atoms with van der Waals surface area (Å²) in [6.07, 6.45) is 0. The van der Waals surface area contributed by atoms with Gasteiger partial charge in [-0.25, -0.2) is 0 Å². The second-order valence-corrected chi connectivity index (χ2v) is 6.27. The molecule has 0 radical (unpaired) electrons. The van der Waals surface area contributed by atoms with Crippen molar-refractivity contribution in [2.24, 2.45) is 0 Å². The van der Waals surface area contributed by atoms with E-state index >= 15 is 0 Å². The molecule has 0 aliphatic rings. The SMILES string of the molecule is CN(CC(=O)NC(C)(C)C)c1ccc(Br)cc1N. The van der Waals surface area contributed by atoms with Crippen molar-refractivity contribution < 1.29 is 4.79 Å². The van der Waals surface area contributed by atoms with E-state index in [0.29, 0.717) is 5.69 Å². The lowest BCUT2D eigenvalue weighted by atomic mass is 10.1. The molecule has 0 fully saturated rings. The number of likely N-dealkylation sites (N-methyl/N-ethyl adjacent to an activating group) is 1. The molecular weight excluding hydrogens is 294 g/mol. The van der Waals surface area contributed by atoms with E-state index in [0.717, 1.165) is 10.2 Å². The number of hydrogen-bond donors (Lipinski definition) is 2. The fourth-order valence-electron chi connectivity index (χ4n) is 1.63. The molecule has 3 N–H and O–H groups in total. The first kappa shape index (κ1) is 14.8. The van der Waals surface area contributed by atoms with Gasteiger partial charge in [0, 0.05) is 17.1 Å². The van der Waals surface area contributed by atoms with E-state index in [2.05, 4.69) is 21.2 Å². The Hall–Kier alpha value is -1.23. The highest BCUT2D eigenvalue weighted by atomic mass is 79.9. The van der Waals surface area contributed by atoms with Crippen LogP contribution in [0.2, 0.25) is 0 Å². The van der Waals surface area contributed by atoms with Crippen LogP contribution in [0.3, 0.4) is 0 Å². The smallest absolute Gasteiger partial charge is 0.239 e. The minimum atomic E-state index is -0.219. The zero-order chi connectivity index (χ0) is 13.9. The van der Waals surface area contributed by atoms with Crippen LogP contribution in [-0.2, 0) is 4.79 Å². The van der Waals surface area contributed by atoms with E-state index in [-0.39, 0.29) is 18.0 Å². The summed E-state index contributed by atoms with van der Waals surface area (Å²) >= 11 is 3.36. The Morgan fingerprint density at radius 1 is 1.44 bits per heavy atom. The van der Waals surface area contributed by atoms with E-state index < -0.39 is 0 Å². The van der Waals surface area contributed by atoms with Gasteiger partial charge in [-0.3, -0.25) is 4.79 Å². The molecule has 0 unspecified atom stereocenters. The average molecular weight is 314 g/mol. The lowest BCUT2D eigenvalue weighted by Gasteiger charge is -2.25. The molecule has 5 heteroatoms. The Morgan fingerprint density at radius 2 is 2.06 bits per heavy atom. The maximum Gasteiger partial charge on any atom is 0.239 e. The normalized spacial score (nSPS) is 11.2.